The number of rotatable bonds is 6. The first kappa shape index (κ1) is 13.5. The summed E-state index contributed by atoms with van der Waals surface area (Å²) < 4.78 is 5.30. The van der Waals surface area contributed by atoms with Gasteiger partial charge in [-0.25, -0.2) is 4.79 Å². The van der Waals surface area contributed by atoms with Gasteiger partial charge in [-0.15, -0.1) is 0 Å². The molecule has 1 unspecified atom stereocenters. The van der Waals surface area contributed by atoms with Crippen molar-refractivity contribution in [3.8, 4) is 5.75 Å². The van der Waals surface area contributed by atoms with Gasteiger partial charge in [-0.2, -0.15) is 0 Å². The van der Waals surface area contributed by atoms with Gasteiger partial charge in [-0.1, -0.05) is 24.9 Å². The highest BCUT2D eigenvalue weighted by Crippen LogP contribution is 2.26. The summed E-state index contributed by atoms with van der Waals surface area (Å²) in [6.45, 7) is 1.87. The Labute approximate surface area is 104 Å². The molecule has 1 N–H and O–H groups in total. The second-order valence-electron chi connectivity index (χ2n) is 3.54. The highest BCUT2D eigenvalue weighted by Gasteiger charge is 2.19. The summed E-state index contributed by atoms with van der Waals surface area (Å²) in [5.74, 6) is -0.750. The van der Waals surface area contributed by atoms with Crippen LogP contribution in [0.4, 0.5) is 0 Å². The maximum atomic E-state index is 10.9. The van der Waals surface area contributed by atoms with Gasteiger partial charge in [0.15, 0.2) is 6.10 Å². The van der Waals surface area contributed by atoms with Gasteiger partial charge in [0, 0.05) is 5.56 Å². The van der Waals surface area contributed by atoms with Crippen LogP contribution in [0.1, 0.15) is 30.1 Å². The van der Waals surface area contributed by atoms with Crippen molar-refractivity contribution < 1.29 is 19.4 Å². The summed E-state index contributed by atoms with van der Waals surface area (Å²) >= 11 is 5.88. The maximum absolute atomic E-state index is 10.9. The number of hydrogen-bond acceptors (Lipinski definition) is 3. The Hall–Kier alpha value is -1.55. The maximum Gasteiger partial charge on any atom is 0.344 e. The van der Waals surface area contributed by atoms with E-state index >= 15 is 0 Å². The van der Waals surface area contributed by atoms with E-state index in [0.717, 1.165) is 0 Å². The fourth-order valence-corrected chi connectivity index (χ4v) is 1.57. The van der Waals surface area contributed by atoms with Crippen LogP contribution in [0.2, 0.25) is 5.02 Å². The van der Waals surface area contributed by atoms with Crippen LogP contribution in [0.15, 0.2) is 18.2 Å². The minimum atomic E-state index is -1.03. The van der Waals surface area contributed by atoms with E-state index < -0.39 is 12.1 Å². The fourth-order valence-electron chi connectivity index (χ4n) is 1.33. The summed E-state index contributed by atoms with van der Waals surface area (Å²) in [5.41, 5.74) is 0.421. The summed E-state index contributed by atoms with van der Waals surface area (Å²) in [7, 11) is 0. The number of carboxylic acid groups (broad SMARTS) is 1. The Morgan fingerprint density at radius 2 is 2.29 bits per heavy atom. The van der Waals surface area contributed by atoms with Crippen LogP contribution >= 0.6 is 11.6 Å². The lowest BCUT2D eigenvalue weighted by Crippen LogP contribution is -2.26. The van der Waals surface area contributed by atoms with Crippen molar-refractivity contribution in [2.75, 3.05) is 0 Å². The molecule has 0 bridgehead atoms. The molecule has 0 saturated carbocycles. The Balaban J connectivity index is 2.85. The molecule has 0 aliphatic rings. The molecule has 0 aliphatic heterocycles. The van der Waals surface area contributed by atoms with Crippen molar-refractivity contribution in [1.29, 1.82) is 0 Å². The first-order valence-corrected chi connectivity index (χ1v) is 5.60. The third kappa shape index (κ3) is 3.75. The molecule has 0 aliphatic carbocycles. The topological polar surface area (TPSA) is 63.6 Å². The molecule has 0 fully saturated rings. The van der Waals surface area contributed by atoms with Crippen molar-refractivity contribution >= 4 is 23.9 Å². The normalized spacial score (nSPS) is 11.9. The third-order valence-electron chi connectivity index (χ3n) is 2.19. The molecule has 5 heteroatoms. The molecule has 4 nitrogen and oxygen atoms in total. The quantitative estimate of drug-likeness (QED) is 0.795. The number of halogens is 1. The number of carboxylic acids is 1. The standard InChI is InChI=1S/C12H13ClO4/c1-2-3-11(12(15)16)17-10-5-4-8(7-14)6-9(10)13/h4-7,11H,2-3H2,1H3,(H,15,16). The molecule has 1 aromatic carbocycles. The highest BCUT2D eigenvalue weighted by molar-refractivity contribution is 6.32. The summed E-state index contributed by atoms with van der Waals surface area (Å²) in [5, 5.41) is 9.17. The van der Waals surface area contributed by atoms with Crippen molar-refractivity contribution in [3.05, 3.63) is 28.8 Å². The average molecular weight is 257 g/mol. The van der Waals surface area contributed by atoms with E-state index in [4.69, 9.17) is 21.4 Å². The van der Waals surface area contributed by atoms with Crippen molar-refractivity contribution in [1.82, 2.24) is 0 Å². The molecule has 92 valence electrons. The highest BCUT2D eigenvalue weighted by atomic mass is 35.5. The van der Waals surface area contributed by atoms with E-state index in [9.17, 15) is 9.59 Å². The van der Waals surface area contributed by atoms with Crippen LogP contribution in [0, 0.1) is 0 Å². The van der Waals surface area contributed by atoms with E-state index in [2.05, 4.69) is 0 Å². The molecule has 0 spiro atoms. The Morgan fingerprint density at radius 1 is 1.59 bits per heavy atom. The molecule has 0 saturated heterocycles. The zero-order valence-electron chi connectivity index (χ0n) is 9.35. The number of benzene rings is 1. The molecule has 1 atom stereocenters. The molecular formula is C12H13ClO4. The van der Waals surface area contributed by atoms with E-state index in [1.54, 1.807) is 0 Å². The average Bonchev–Trinajstić information content (AvgIpc) is 2.30. The second kappa shape index (κ2) is 6.25. The first-order valence-electron chi connectivity index (χ1n) is 5.22. The second-order valence-corrected chi connectivity index (χ2v) is 3.95. The van der Waals surface area contributed by atoms with Crippen LogP contribution < -0.4 is 4.74 Å². The Kier molecular flexibility index (Phi) is 4.97. The van der Waals surface area contributed by atoms with Crippen LogP contribution in [-0.2, 0) is 4.79 Å². The summed E-state index contributed by atoms with van der Waals surface area (Å²) in [6, 6.07) is 4.46. The van der Waals surface area contributed by atoms with E-state index in [1.165, 1.54) is 18.2 Å². The van der Waals surface area contributed by atoms with Crippen molar-refractivity contribution in [3.63, 3.8) is 0 Å². The molecule has 0 amide bonds. The summed E-state index contributed by atoms with van der Waals surface area (Å²) in [6.07, 6.45) is 0.845. The minimum absolute atomic E-state index is 0.233. The van der Waals surface area contributed by atoms with Gasteiger partial charge in [0.1, 0.15) is 12.0 Å². The van der Waals surface area contributed by atoms with E-state index in [1.807, 2.05) is 6.92 Å². The number of carbonyl (C=O) groups is 2. The van der Waals surface area contributed by atoms with Gasteiger partial charge in [-0.05, 0) is 24.6 Å². The number of ether oxygens (including phenoxy) is 1. The third-order valence-corrected chi connectivity index (χ3v) is 2.48. The smallest absolute Gasteiger partial charge is 0.344 e. The largest absolute Gasteiger partial charge is 0.479 e. The number of aliphatic carboxylic acids is 1. The van der Waals surface area contributed by atoms with Gasteiger partial charge in [0.25, 0.3) is 0 Å². The van der Waals surface area contributed by atoms with E-state index in [0.29, 0.717) is 24.7 Å². The molecule has 0 aromatic heterocycles. The zero-order chi connectivity index (χ0) is 12.8. The Morgan fingerprint density at radius 3 is 2.76 bits per heavy atom. The lowest BCUT2D eigenvalue weighted by Gasteiger charge is -2.15. The van der Waals surface area contributed by atoms with Crippen LogP contribution in [0.3, 0.4) is 0 Å². The molecule has 1 rings (SSSR count). The van der Waals surface area contributed by atoms with Gasteiger partial charge < -0.3 is 9.84 Å². The molecular weight excluding hydrogens is 244 g/mol. The lowest BCUT2D eigenvalue weighted by atomic mass is 10.2. The minimum Gasteiger partial charge on any atom is -0.479 e. The van der Waals surface area contributed by atoms with Crippen molar-refractivity contribution in [2.24, 2.45) is 0 Å². The van der Waals surface area contributed by atoms with Gasteiger partial charge in [0.2, 0.25) is 0 Å². The molecule has 0 heterocycles. The Bertz CT molecular complexity index is 417. The van der Waals surface area contributed by atoms with Gasteiger partial charge in [0.05, 0.1) is 5.02 Å². The number of carbonyl (C=O) groups excluding carboxylic acids is 1. The van der Waals surface area contributed by atoms with Crippen LogP contribution in [-0.4, -0.2) is 23.5 Å². The van der Waals surface area contributed by atoms with Gasteiger partial charge in [-0.3, -0.25) is 4.79 Å². The molecule has 1 aromatic rings. The SMILES string of the molecule is CCCC(Oc1ccc(C=O)cc1Cl)C(=O)O. The van der Waals surface area contributed by atoms with Crippen LogP contribution in [0.25, 0.3) is 0 Å². The summed E-state index contributed by atoms with van der Waals surface area (Å²) in [4.78, 5) is 21.4. The number of hydrogen-bond donors (Lipinski definition) is 1. The lowest BCUT2D eigenvalue weighted by molar-refractivity contribution is -0.145. The fraction of sp³-hybridized carbons (Fsp3) is 0.333. The van der Waals surface area contributed by atoms with Crippen LogP contribution in [0.5, 0.6) is 5.75 Å². The molecule has 17 heavy (non-hydrogen) atoms. The number of aldehydes is 1. The van der Waals surface area contributed by atoms with Crippen molar-refractivity contribution in [2.45, 2.75) is 25.9 Å². The predicted molar refractivity (Wildman–Crippen MR) is 63.8 cm³/mol. The zero-order valence-corrected chi connectivity index (χ0v) is 10.1. The van der Waals surface area contributed by atoms with E-state index in [-0.39, 0.29) is 10.8 Å². The predicted octanol–water partition coefficient (Wildman–Crippen LogP) is 2.78. The first-order chi connectivity index (χ1) is 8.08. The molecule has 0 radical (unpaired) electrons. The monoisotopic (exact) mass is 256 g/mol. The van der Waals surface area contributed by atoms with Gasteiger partial charge >= 0.3 is 5.97 Å².